The van der Waals surface area contributed by atoms with E-state index in [0.717, 1.165) is 43.8 Å². The fourth-order valence-corrected chi connectivity index (χ4v) is 5.01. The van der Waals surface area contributed by atoms with Crippen LogP contribution in [0.4, 0.5) is 0 Å². The van der Waals surface area contributed by atoms with Crippen molar-refractivity contribution < 1.29 is 9.53 Å². The highest BCUT2D eigenvalue weighted by Crippen LogP contribution is 2.41. The Labute approximate surface area is 131 Å². The number of rotatable bonds is 8. The zero-order valence-electron chi connectivity index (χ0n) is 12.8. The van der Waals surface area contributed by atoms with Gasteiger partial charge >= 0.3 is 0 Å². The Morgan fingerprint density at radius 3 is 2.81 bits per heavy atom. The van der Waals surface area contributed by atoms with Crippen molar-refractivity contribution in [2.24, 2.45) is 11.7 Å². The first-order chi connectivity index (χ1) is 10.2. The summed E-state index contributed by atoms with van der Waals surface area (Å²) in [7, 11) is 0. The molecular weight excluding hydrogens is 284 g/mol. The van der Waals surface area contributed by atoms with Crippen LogP contribution in [0, 0.1) is 5.92 Å². The van der Waals surface area contributed by atoms with E-state index in [1.54, 1.807) is 0 Å². The maximum absolute atomic E-state index is 12.1. The minimum absolute atomic E-state index is 0.124. The topological polar surface area (TPSA) is 64.4 Å². The molecule has 21 heavy (non-hydrogen) atoms. The van der Waals surface area contributed by atoms with Crippen molar-refractivity contribution in [1.82, 2.24) is 5.32 Å². The molecule has 5 heteroatoms. The predicted molar refractivity (Wildman–Crippen MR) is 86.3 cm³/mol. The summed E-state index contributed by atoms with van der Waals surface area (Å²) in [6.07, 6.45) is 9.59. The molecule has 0 radical (unpaired) electrons. The summed E-state index contributed by atoms with van der Waals surface area (Å²) >= 11 is 1.98. The summed E-state index contributed by atoms with van der Waals surface area (Å²) in [6.45, 7) is 0.934. The normalized spacial score (nSPS) is 36.2. The van der Waals surface area contributed by atoms with E-state index in [1.807, 2.05) is 11.8 Å². The van der Waals surface area contributed by atoms with Crippen LogP contribution in [0.15, 0.2) is 0 Å². The molecule has 3 fully saturated rings. The monoisotopic (exact) mass is 312 g/mol. The number of nitrogens with two attached hydrogens (primary N) is 1. The summed E-state index contributed by atoms with van der Waals surface area (Å²) in [6, 6.07) is 0.539. The molecule has 3 atom stereocenters. The van der Waals surface area contributed by atoms with Gasteiger partial charge in [0.05, 0.1) is 6.10 Å². The van der Waals surface area contributed by atoms with Gasteiger partial charge in [-0.3, -0.25) is 4.79 Å². The van der Waals surface area contributed by atoms with Crippen molar-refractivity contribution in [2.45, 2.75) is 69.1 Å². The SMILES string of the molecule is NC(=O)C1(NC2CC2)CCCC1CCSCC1CCCO1. The van der Waals surface area contributed by atoms with Crippen LogP contribution in [0.5, 0.6) is 0 Å². The average Bonchev–Trinajstić information content (AvgIpc) is 2.97. The Hall–Kier alpha value is -0.260. The Morgan fingerprint density at radius 1 is 1.29 bits per heavy atom. The standard InChI is InChI=1S/C16H28N2O2S/c17-15(19)16(18-13-5-6-13)8-1-3-12(16)7-10-21-11-14-4-2-9-20-14/h12-14,18H,1-11H2,(H2,17,19). The number of carbonyl (C=O) groups is 1. The van der Waals surface area contributed by atoms with Crippen LogP contribution in [0.1, 0.15) is 51.4 Å². The lowest BCUT2D eigenvalue weighted by Gasteiger charge is -2.34. The molecule has 0 spiro atoms. The summed E-state index contributed by atoms with van der Waals surface area (Å²) in [5, 5.41) is 3.59. The molecule has 1 aliphatic heterocycles. The predicted octanol–water partition coefficient (Wildman–Crippen LogP) is 2.06. The van der Waals surface area contributed by atoms with Gasteiger partial charge in [-0.1, -0.05) is 6.42 Å². The number of amides is 1. The molecule has 2 aliphatic carbocycles. The van der Waals surface area contributed by atoms with E-state index in [2.05, 4.69) is 5.32 Å². The smallest absolute Gasteiger partial charge is 0.238 e. The molecule has 3 rings (SSSR count). The van der Waals surface area contributed by atoms with Gasteiger partial charge < -0.3 is 15.8 Å². The first-order valence-corrected chi connectivity index (χ1v) is 9.63. The second-order valence-corrected chi connectivity index (χ2v) is 7.99. The Morgan fingerprint density at radius 2 is 2.14 bits per heavy atom. The fourth-order valence-electron chi connectivity index (χ4n) is 3.86. The minimum Gasteiger partial charge on any atom is -0.377 e. The lowest BCUT2D eigenvalue weighted by atomic mass is 9.84. The van der Waals surface area contributed by atoms with Gasteiger partial charge in [-0.2, -0.15) is 11.8 Å². The van der Waals surface area contributed by atoms with Crippen molar-refractivity contribution in [3.05, 3.63) is 0 Å². The molecule has 3 unspecified atom stereocenters. The highest BCUT2D eigenvalue weighted by atomic mass is 32.2. The average molecular weight is 312 g/mol. The van der Waals surface area contributed by atoms with E-state index in [0.29, 0.717) is 18.1 Å². The maximum atomic E-state index is 12.1. The molecule has 3 N–H and O–H groups in total. The summed E-state index contributed by atoms with van der Waals surface area (Å²) in [5.41, 5.74) is 5.36. The molecular formula is C16H28N2O2S. The fraction of sp³-hybridized carbons (Fsp3) is 0.938. The van der Waals surface area contributed by atoms with Gasteiger partial charge in [-0.05, 0) is 56.6 Å². The van der Waals surface area contributed by atoms with E-state index in [1.165, 1.54) is 25.7 Å². The van der Waals surface area contributed by atoms with Crippen LogP contribution in [0.25, 0.3) is 0 Å². The van der Waals surface area contributed by atoms with E-state index < -0.39 is 5.54 Å². The lowest BCUT2D eigenvalue weighted by molar-refractivity contribution is -0.126. The number of primary amides is 1. The number of hydrogen-bond acceptors (Lipinski definition) is 4. The zero-order valence-corrected chi connectivity index (χ0v) is 13.6. The molecule has 4 nitrogen and oxygen atoms in total. The Kier molecular flexibility index (Phi) is 5.12. The number of thioether (sulfide) groups is 1. The minimum atomic E-state index is -0.411. The van der Waals surface area contributed by atoms with Crippen LogP contribution in [0.2, 0.25) is 0 Å². The van der Waals surface area contributed by atoms with Gasteiger partial charge in [-0.15, -0.1) is 0 Å². The zero-order chi connectivity index (χ0) is 14.7. The molecule has 0 aromatic heterocycles. The van der Waals surface area contributed by atoms with Gasteiger partial charge in [0.25, 0.3) is 0 Å². The van der Waals surface area contributed by atoms with Crippen molar-refractivity contribution in [3.8, 4) is 0 Å². The maximum Gasteiger partial charge on any atom is 0.238 e. The van der Waals surface area contributed by atoms with E-state index in [9.17, 15) is 4.79 Å². The third kappa shape index (κ3) is 3.74. The Balaban J connectivity index is 1.46. The van der Waals surface area contributed by atoms with Gasteiger partial charge in [0.2, 0.25) is 5.91 Å². The quantitative estimate of drug-likeness (QED) is 0.674. The number of hydrogen-bond donors (Lipinski definition) is 2. The number of nitrogens with one attached hydrogen (secondary N) is 1. The van der Waals surface area contributed by atoms with E-state index >= 15 is 0 Å². The summed E-state index contributed by atoms with van der Waals surface area (Å²) in [4.78, 5) is 12.1. The van der Waals surface area contributed by atoms with E-state index in [-0.39, 0.29) is 5.91 Å². The van der Waals surface area contributed by atoms with Crippen LogP contribution in [-0.4, -0.2) is 41.7 Å². The lowest BCUT2D eigenvalue weighted by Crippen LogP contribution is -2.58. The molecule has 1 amide bonds. The van der Waals surface area contributed by atoms with Crippen LogP contribution >= 0.6 is 11.8 Å². The second kappa shape index (κ2) is 6.88. The highest BCUT2D eigenvalue weighted by molar-refractivity contribution is 7.99. The molecule has 0 aromatic carbocycles. The summed E-state index contributed by atoms with van der Waals surface area (Å²) < 4.78 is 5.66. The molecule has 3 aliphatic rings. The van der Waals surface area contributed by atoms with Gasteiger partial charge in [0.1, 0.15) is 5.54 Å². The van der Waals surface area contributed by atoms with Crippen molar-refractivity contribution >= 4 is 17.7 Å². The first-order valence-electron chi connectivity index (χ1n) is 8.47. The van der Waals surface area contributed by atoms with Gasteiger partial charge in [-0.25, -0.2) is 0 Å². The molecule has 1 heterocycles. The van der Waals surface area contributed by atoms with Crippen molar-refractivity contribution in [1.29, 1.82) is 0 Å². The highest BCUT2D eigenvalue weighted by Gasteiger charge is 2.49. The summed E-state index contributed by atoms with van der Waals surface area (Å²) in [5.74, 6) is 2.52. The molecule has 0 aromatic rings. The van der Waals surface area contributed by atoms with Crippen molar-refractivity contribution in [3.63, 3.8) is 0 Å². The molecule has 1 saturated heterocycles. The van der Waals surface area contributed by atoms with Crippen LogP contribution < -0.4 is 11.1 Å². The largest absolute Gasteiger partial charge is 0.377 e. The number of carbonyl (C=O) groups excluding carboxylic acids is 1. The van der Waals surface area contributed by atoms with E-state index in [4.69, 9.17) is 10.5 Å². The number of ether oxygens (including phenoxy) is 1. The second-order valence-electron chi connectivity index (χ2n) is 6.84. The van der Waals surface area contributed by atoms with Gasteiger partial charge in [0.15, 0.2) is 0 Å². The first kappa shape index (κ1) is 15.6. The Bertz CT molecular complexity index is 369. The van der Waals surface area contributed by atoms with Crippen molar-refractivity contribution in [2.75, 3.05) is 18.1 Å². The van der Waals surface area contributed by atoms with Gasteiger partial charge in [0, 0.05) is 18.4 Å². The molecule has 2 saturated carbocycles. The van der Waals surface area contributed by atoms with Crippen LogP contribution in [0.3, 0.4) is 0 Å². The third-order valence-electron chi connectivity index (χ3n) is 5.24. The van der Waals surface area contributed by atoms with Crippen LogP contribution in [-0.2, 0) is 9.53 Å². The molecule has 120 valence electrons. The third-order valence-corrected chi connectivity index (χ3v) is 6.37. The molecule has 0 bridgehead atoms.